The van der Waals surface area contributed by atoms with Crippen molar-refractivity contribution in [3.05, 3.63) is 0 Å². The number of amides is 1. The molecule has 0 aliphatic rings. The van der Waals surface area contributed by atoms with Crippen LogP contribution in [0.4, 0.5) is 0 Å². The van der Waals surface area contributed by atoms with E-state index in [-0.39, 0.29) is 11.3 Å². The number of carbonyl (C=O) groups excluding carboxylic acids is 1. The summed E-state index contributed by atoms with van der Waals surface area (Å²) in [5.41, 5.74) is 7.22. The largest absolute Gasteiger partial charge is 0.354 e. The van der Waals surface area contributed by atoms with Crippen LogP contribution in [0.1, 0.15) is 27.2 Å². The summed E-state index contributed by atoms with van der Waals surface area (Å²) in [6.45, 7) is 5.86. The molecule has 0 spiro atoms. The van der Waals surface area contributed by atoms with Crippen molar-refractivity contribution < 1.29 is 4.79 Å². The van der Waals surface area contributed by atoms with Crippen LogP contribution in [0.5, 0.6) is 0 Å². The van der Waals surface area contributed by atoms with E-state index >= 15 is 0 Å². The zero-order chi connectivity index (χ0) is 10.5. The summed E-state index contributed by atoms with van der Waals surface area (Å²) in [7, 11) is 0. The molecule has 73 valence electrons. The summed E-state index contributed by atoms with van der Waals surface area (Å²) in [5.74, 6) is -0.303. The highest BCUT2D eigenvalue weighted by molar-refractivity contribution is 5.82. The van der Waals surface area contributed by atoms with Crippen LogP contribution in [0.3, 0.4) is 0 Å². The first-order valence-electron chi connectivity index (χ1n) is 4.25. The Morgan fingerprint density at radius 1 is 1.62 bits per heavy atom. The zero-order valence-electron chi connectivity index (χ0n) is 8.35. The molecule has 0 saturated heterocycles. The van der Waals surface area contributed by atoms with Crippen LogP contribution in [0.2, 0.25) is 0 Å². The van der Waals surface area contributed by atoms with Gasteiger partial charge in [0.2, 0.25) is 5.91 Å². The van der Waals surface area contributed by atoms with Crippen LogP contribution in [-0.2, 0) is 4.79 Å². The van der Waals surface area contributed by atoms with E-state index in [1.54, 1.807) is 0 Å². The third-order valence-electron chi connectivity index (χ3n) is 1.66. The average Bonchev–Trinajstić information content (AvgIpc) is 2.01. The fourth-order valence-corrected chi connectivity index (χ4v) is 0.737. The summed E-state index contributed by atoms with van der Waals surface area (Å²) < 4.78 is 0. The molecule has 1 unspecified atom stereocenters. The monoisotopic (exact) mass is 182 g/mol. The first-order chi connectivity index (χ1) is 5.89. The minimum absolute atomic E-state index is 0.294. The fraction of sp³-hybridized carbons (Fsp3) is 0.778. The molecule has 0 rings (SSSR count). The molecule has 0 heterocycles. The second kappa shape index (κ2) is 4.83. The Bertz CT molecular complexity index is 212. The summed E-state index contributed by atoms with van der Waals surface area (Å²) >= 11 is 0. The normalized spacial score (nSPS) is 13.2. The number of rotatable bonds is 3. The molecule has 0 bridgehead atoms. The second-order valence-electron chi connectivity index (χ2n) is 4.00. The molecule has 13 heavy (non-hydrogen) atoms. The van der Waals surface area contributed by atoms with E-state index in [4.69, 9.17) is 11.0 Å². The van der Waals surface area contributed by atoms with E-state index in [0.29, 0.717) is 13.0 Å². The van der Waals surface area contributed by atoms with Crippen LogP contribution in [0.25, 0.3) is 0 Å². The van der Waals surface area contributed by atoms with Crippen LogP contribution in [0.15, 0.2) is 0 Å². The maximum Gasteiger partial charge on any atom is 0.239 e. The van der Waals surface area contributed by atoms with Gasteiger partial charge in [-0.15, -0.1) is 0 Å². The van der Waals surface area contributed by atoms with Crippen molar-refractivity contribution in [1.82, 2.24) is 11.1 Å². The minimum atomic E-state index is -0.772. The second-order valence-corrected chi connectivity index (χ2v) is 4.00. The summed E-state index contributed by atoms with van der Waals surface area (Å²) in [5, 5.41) is 10.8. The molecule has 0 aliphatic carbocycles. The smallest absolute Gasteiger partial charge is 0.239 e. The van der Waals surface area contributed by atoms with Gasteiger partial charge in [-0.1, -0.05) is 20.8 Å². The molecule has 0 aromatic carbocycles. The predicted octanol–water partition coefficient (Wildman–Crippen LogP) is 0.714. The maximum atomic E-state index is 11.3. The van der Waals surface area contributed by atoms with E-state index in [2.05, 4.69) is 5.32 Å². The lowest BCUT2D eigenvalue weighted by Gasteiger charge is -2.24. The van der Waals surface area contributed by atoms with Crippen molar-refractivity contribution in [3.63, 3.8) is 0 Å². The molecule has 0 fully saturated rings. The maximum absolute atomic E-state index is 11.3. The van der Waals surface area contributed by atoms with Crippen molar-refractivity contribution in [2.24, 2.45) is 5.41 Å². The quantitative estimate of drug-likeness (QED) is 0.652. The molecular formula is C9H16N3O. The average molecular weight is 182 g/mol. The van der Waals surface area contributed by atoms with E-state index in [1.165, 1.54) is 0 Å². The van der Waals surface area contributed by atoms with E-state index in [1.807, 2.05) is 26.8 Å². The van der Waals surface area contributed by atoms with Crippen molar-refractivity contribution in [2.45, 2.75) is 33.2 Å². The Labute approximate surface area is 79.1 Å². The summed E-state index contributed by atoms with van der Waals surface area (Å²) in [6.07, 6.45) is 0.294. The molecule has 0 aromatic rings. The van der Waals surface area contributed by atoms with Crippen LogP contribution >= 0.6 is 0 Å². The molecule has 0 aliphatic heterocycles. The number of hydrogen-bond donors (Lipinski definition) is 1. The number of nitrogens with zero attached hydrogens (tertiary/aromatic N) is 1. The third kappa shape index (κ3) is 4.48. The van der Waals surface area contributed by atoms with Crippen molar-refractivity contribution in [3.8, 4) is 6.07 Å². The SMILES string of the molecule is CC(C)(C)C([NH])C(=O)NCCC#N. The minimum Gasteiger partial charge on any atom is -0.354 e. The molecule has 2 N–H and O–H groups in total. The standard InChI is InChI=1S/C9H16N3O/c1-9(2,3)7(11)8(13)12-6-4-5-10/h7,11H,4,6H2,1-3H3,(H,12,13). The van der Waals surface area contributed by atoms with Gasteiger partial charge in [-0.05, 0) is 5.41 Å². The van der Waals surface area contributed by atoms with Crippen molar-refractivity contribution in [1.29, 1.82) is 5.26 Å². The highest BCUT2D eigenvalue weighted by Gasteiger charge is 2.27. The summed E-state index contributed by atoms with van der Waals surface area (Å²) in [4.78, 5) is 11.3. The lowest BCUT2D eigenvalue weighted by molar-refractivity contribution is -0.124. The van der Waals surface area contributed by atoms with Gasteiger partial charge in [0.25, 0.3) is 0 Å². The molecule has 0 saturated carbocycles. The number of nitrogens with one attached hydrogen (secondary N) is 2. The van der Waals surface area contributed by atoms with Crippen molar-refractivity contribution in [2.75, 3.05) is 6.54 Å². The molecule has 1 amide bonds. The molecule has 4 nitrogen and oxygen atoms in total. The predicted molar refractivity (Wildman–Crippen MR) is 49.6 cm³/mol. The topological polar surface area (TPSA) is 76.7 Å². The van der Waals surface area contributed by atoms with E-state index in [0.717, 1.165) is 0 Å². The third-order valence-corrected chi connectivity index (χ3v) is 1.66. The molecule has 1 atom stereocenters. The Morgan fingerprint density at radius 2 is 2.15 bits per heavy atom. The van der Waals surface area contributed by atoms with Gasteiger partial charge in [0.1, 0.15) is 6.04 Å². The van der Waals surface area contributed by atoms with Crippen LogP contribution < -0.4 is 11.1 Å². The Morgan fingerprint density at radius 3 is 2.54 bits per heavy atom. The fourth-order valence-electron chi connectivity index (χ4n) is 0.737. The van der Waals surface area contributed by atoms with Crippen LogP contribution in [0, 0.1) is 16.7 Å². The zero-order valence-corrected chi connectivity index (χ0v) is 8.35. The Kier molecular flexibility index (Phi) is 4.43. The Balaban J connectivity index is 3.92. The highest BCUT2D eigenvalue weighted by atomic mass is 16.2. The number of carbonyl (C=O) groups is 1. The van der Waals surface area contributed by atoms with Gasteiger partial charge < -0.3 is 5.32 Å². The summed E-state index contributed by atoms with van der Waals surface area (Å²) in [6, 6.07) is 1.15. The first kappa shape index (κ1) is 11.9. The van der Waals surface area contributed by atoms with Crippen molar-refractivity contribution >= 4 is 5.91 Å². The Hall–Kier alpha value is -1.08. The van der Waals surface area contributed by atoms with E-state index < -0.39 is 6.04 Å². The van der Waals surface area contributed by atoms with Gasteiger partial charge in [-0.3, -0.25) is 4.79 Å². The van der Waals surface area contributed by atoms with Gasteiger partial charge in [-0.2, -0.15) is 5.26 Å². The van der Waals surface area contributed by atoms with Gasteiger partial charge in [0.15, 0.2) is 0 Å². The highest BCUT2D eigenvalue weighted by Crippen LogP contribution is 2.18. The molecule has 0 aromatic heterocycles. The number of nitriles is 1. The number of hydrogen-bond acceptors (Lipinski definition) is 2. The van der Waals surface area contributed by atoms with Gasteiger partial charge >= 0.3 is 0 Å². The van der Waals surface area contributed by atoms with E-state index in [9.17, 15) is 4.79 Å². The first-order valence-corrected chi connectivity index (χ1v) is 4.25. The van der Waals surface area contributed by atoms with Gasteiger partial charge in [0.05, 0.1) is 12.5 Å². The van der Waals surface area contributed by atoms with Gasteiger partial charge in [-0.25, -0.2) is 5.73 Å². The lowest BCUT2D eigenvalue weighted by Crippen LogP contribution is -2.43. The molecule has 1 radical (unpaired) electrons. The molecule has 4 heteroatoms. The van der Waals surface area contributed by atoms with Gasteiger partial charge in [0, 0.05) is 6.54 Å². The van der Waals surface area contributed by atoms with Crippen LogP contribution in [-0.4, -0.2) is 18.5 Å². The molecular weight excluding hydrogens is 166 g/mol. The lowest BCUT2D eigenvalue weighted by atomic mass is 9.87.